The summed E-state index contributed by atoms with van der Waals surface area (Å²) in [4.78, 5) is 52.5. The highest BCUT2D eigenvalue weighted by Crippen LogP contribution is 2.44. The minimum Gasteiger partial charge on any atom is -0.495 e. The summed E-state index contributed by atoms with van der Waals surface area (Å²) in [6.45, 7) is 8.70. The van der Waals surface area contributed by atoms with Crippen LogP contribution >= 0.6 is 11.6 Å². The molecule has 44 heavy (non-hydrogen) atoms. The Morgan fingerprint density at radius 1 is 1.09 bits per heavy atom. The molecule has 9 nitrogen and oxygen atoms in total. The standard InChI is InChI=1S/C34H38ClNO8/c1-20(29-30(44-29)23-10-7-6-8-11-23)27-13-9-12-25(37)18-24(16-22-14-15-28(41-5)26(35)17-22)31(38)36-19-34(3,4)33(40)42-21(2)32(39)43-27/h6-12,14-15,17,21,24,27,29-30H,1,13,16,18-19H2,2-5H3,(H,36,38)/b12-9+. The highest BCUT2D eigenvalue weighted by atomic mass is 35.5. The Bertz CT molecular complexity index is 1440. The number of epoxide rings is 1. The molecule has 1 amide bonds. The molecule has 0 spiro atoms. The molecule has 2 aliphatic rings. The van der Waals surface area contributed by atoms with E-state index in [2.05, 4.69) is 11.9 Å². The average molecular weight is 624 g/mol. The Morgan fingerprint density at radius 3 is 2.50 bits per heavy atom. The molecule has 2 aliphatic heterocycles. The van der Waals surface area contributed by atoms with Crippen molar-refractivity contribution >= 4 is 35.2 Å². The van der Waals surface area contributed by atoms with E-state index in [-0.39, 0.29) is 43.8 Å². The molecule has 1 N–H and O–H groups in total. The van der Waals surface area contributed by atoms with Crippen LogP contribution in [0.15, 0.2) is 72.8 Å². The number of carbonyl (C=O) groups is 4. The van der Waals surface area contributed by atoms with Crippen LogP contribution in [0.2, 0.25) is 5.02 Å². The maximum atomic E-state index is 13.3. The quantitative estimate of drug-likeness (QED) is 0.268. The van der Waals surface area contributed by atoms with Crippen molar-refractivity contribution in [3.63, 3.8) is 0 Å². The summed E-state index contributed by atoms with van der Waals surface area (Å²) in [6.07, 6.45) is 0.579. The van der Waals surface area contributed by atoms with Crippen LogP contribution in [0.1, 0.15) is 50.8 Å². The van der Waals surface area contributed by atoms with Gasteiger partial charge in [0.05, 0.1) is 17.5 Å². The molecule has 5 atom stereocenters. The minimum absolute atomic E-state index is 0.0738. The SMILES string of the molecule is C=C(C1C/C=C/C(=O)CC(Cc2ccc(OC)c(Cl)c2)C(=O)NCC(C)(C)C(=O)OC(C)C(=O)O1)C1OC1c1ccccc1. The van der Waals surface area contributed by atoms with Gasteiger partial charge >= 0.3 is 11.9 Å². The number of rotatable bonds is 6. The maximum absolute atomic E-state index is 13.3. The van der Waals surface area contributed by atoms with E-state index in [1.54, 1.807) is 38.1 Å². The number of hydrogen-bond donors (Lipinski definition) is 1. The molecule has 2 heterocycles. The zero-order valence-electron chi connectivity index (χ0n) is 25.3. The number of ketones is 1. The smallest absolute Gasteiger partial charge is 0.347 e. The molecule has 0 bridgehead atoms. The Hall–Kier alpha value is -3.95. The zero-order valence-corrected chi connectivity index (χ0v) is 26.1. The van der Waals surface area contributed by atoms with Crippen LogP contribution in [0.5, 0.6) is 5.75 Å². The molecule has 0 saturated carbocycles. The fraction of sp³-hybridized carbons (Fsp3) is 0.412. The zero-order chi connectivity index (χ0) is 32.0. The third-order valence-electron chi connectivity index (χ3n) is 7.70. The van der Waals surface area contributed by atoms with E-state index in [1.807, 2.05) is 30.3 Å². The van der Waals surface area contributed by atoms with E-state index in [4.69, 9.17) is 30.5 Å². The Balaban J connectivity index is 1.56. The second kappa shape index (κ2) is 14.2. The lowest BCUT2D eigenvalue weighted by Gasteiger charge is -2.27. The molecule has 4 rings (SSSR count). The van der Waals surface area contributed by atoms with Gasteiger partial charge in [-0.25, -0.2) is 4.79 Å². The summed E-state index contributed by atoms with van der Waals surface area (Å²) >= 11 is 6.30. The first-order valence-corrected chi connectivity index (χ1v) is 14.9. The van der Waals surface area contributed by atoms with Gasteiger partial charge in [-0.2, -0.15) is 0 Å². The predicted molar refractivity (Wildman–Crippen MR) is 164 cm³/mol. The fourth-order valence-electron chi connectivity index (χ4n) is 4.89. The largest absolute Gasteiger partial charge is 0.495 e. The number of nitrogens with one attached hydrogen (secondary N) is 1. The second-order valence-corrected chi connectivity index (χ2v) is 12.1. The van der Waals surface area contributed by atoms with E-state index in [0.717, 1.165) is 11.1 Å². The summed E-state index contributed by atoms with van der Waals surface area (Å²) in [5.74, 6) is -2.38. The number of cyclic esters (lactones) is 2. The number of esters is 2. The highest BCUT2D eigenvalue weighted by molar-refractivity contribution is 6.32. The molecule has 2 aromatic rings. The van der Waals surface area contributed by atoms with E-state index >= 15 is 0 Å². The first-order valence-electron chi connectivity index (χ1n) is 14.5. The molecular formula is C34H38ClNO8. The molecule has 1 fully saturated rings. The van der Waals surface area contributed by atoms with Gasteiger partial charge in [-0.3, -0.25) is 14.4 Å². The van der Waals surface area contributed by atoms with Crippen molar-refractivity contribution in [1.82, 2.24) is 5.32 Å². The van der Waals surface area contributed by atoms with E-state index in [9.17, 15) is 19.2 Å². The lowest BCUT2D eigenvalue weighted by atomic mass is 9.90. The summed E-state index contributed by atoms with van der Waals surface area (Å²) in [5, 5.41) is 3.17. The Labute approximate surface area is 262 Å². The van der Waals surface area contributed by atoms with Gasteiger partial charge in [-0.1, -0.05) is 60.7 Å². The summed E-state index contributed by atoms with van der Waals surface area (Å²) < 4.78 is 22.3. The summed E-state index contributed by atoms with van der Waals surface area (Å²) in [5.41, 5.74) is 1.07. The van der Waals surface area contributed by atoms with Crippen molar-refractivity contribution < 1.29 is 38.1 Å². The maximum Gasteiger partial charge on any atom is 0.347 e. The molecule has 2 aromatic carbocycles. The van der Waals surface area contributed by atoms with E-state index < -0.39 is 41.4 Å². The number of allylic oxidation sites excluding steroid dienone is 1. The summed E-state index contributed by atoms with van der Waals surface area (Å²) in [6, 6.07) is 14.8. The number of methoxy groups -OCH3 is 1. The first kappa shape index (κ1) is 33.0. The van der Waals surface area contributed by atoms with Crippen LogP contribution < -0.4 is 10.1 Å². The van der Waals surface area contributed by atoms with Crippen LogP contribution in [0, 0.1) is 11.3 Å². The van der Waals surface area contributed by atoms with Crippen molar-refractivity contribution in [2.75, 3.05) is 13.7 Å². The van der Waals surface area contributed by atoms with Crippen LogP contribution in [-0.2, 0) is 39.8 Å². The third kappa shape index (κ3) is 8.36. The molecule has 1 saturated heterocycles. The van der Waals surface area contributed by atoms with Gasteiger partial charge in [0.15, 0.2) is 11.9 Å². The average Bonchev–Trinajstić information content (AvgIpc) is 3.80. The fourth-order valence-corrected chi connectivity index (χ4v) is 5.17. The lowest BCUT2D eigenvalue weighted by Crippen LogP contribution is -2.44. The van der Waals surface area contributed by atoms with Crippen LogP contribution in [0.3, 0.4) is 0 Å². The van der Waals surface area contributed by atoms with Gasteiger partial charge in [0.2, 0.25) is 5.91 Å². The van der Waals surface area contributed by atoms with Gasteiger partial charge in [-0.05, 0) is 62.1 Å². The predicted octanol–water partition coefficient (Wildman–Crippen LogP) is 5.11. The molecule has 0 aliphatic carbocycles. The Kier molecular flexibility index (Phi) is 10.7. The monoisotopic (exact) mass is 623 g/mol. The van der Waals surface area contributed by atoms with Crippen molar-refractivity contribution in [3.05, 3.63) is 89.0 Å². The molecule has 10 heteroatoms. The molecule has 234 valence electrons. The second-order valence-electron chi connectivity index (χ2n) is 11.7. The van der Waals surface area contributed by atoms with Gasteiger partial charge in [0.25, 0.3) is 0 Å². The van der Waals surface area contributed by atoms with Crippen LogP contribution in [0.25, 0.3) is 0 Å². The number of ether oxygens (including phenoxy) is 4. The van der Waals surface area contributed by atoms with Gasteiger partial charge in [0, 0.05) is 25.3 Å². The molecule has 0 radical (unpaired) electrons. The molecule has 5 unspecified atom stereocenters. The van der Waals surface area contributed by atoms with Crippen LogP contribution in [-0.4, -0.2) is 55.6 Å². The normalized spacial score (nSPS) is 27.0. The van der Waals surface area contributed by atoms with E-state index in [1.165, 1.54) is 20.1 Å². The van der Waals surface area contributed by atoms with E-state index in [0.29, 0.717) is 16.3 Å². The minimum atomic E-state index is -1.22. The van der Waals surface area contributed by atoms with Crippen molar-refractivity contribution in [3.8, 4) is 5.75 Å². The van der Waals surface area contributed by atoms with Gasteiger partial charge < -0.3 is 24.3 Å². The molecule has 0 aromatic heterocycles. The highest BCUT2D eigenvalue weighted by Gasteiger charge is 2.45. The van der Waals surface area contributed by atoms with Crippen LogP contribution in [0.4, 0.5) is 0 Å². The number of benzene rings is 2. The number of halogens is 1. The Morgan fingerprint density at radius 2 is 1.82 bits per heavy atom. The van der Waals surface area contributed by atoms with Crippen molar-refractivity contribution in [2.24, 2.45) is 11.3 Å². The third-order valence-corrected chi connectivity index (χ3v) is 8.00. The number of carbonyl (C=O) groups excluding carboxylic acids is 4. The topological polar surface area (TPSA) is 121 Å². The van der Waals surface area contributed by atoms with Crippen molar-refractivity contribution in [2.45, 2.75) is 64.4 Å². The summed E-state index contributed by atoms with van der Waals surface area (Å²) in [7, 11) is 1.51. The lowest BCUT2D eigenvalue weighted by molar-refractivity contribution is -0.174. The van der Waals surface area contributed by atoms with Crippen molar-refractivity contribution in [1.29, 1.82) is 0 Å². The first-order chi connectivity index (χ1) is 20.9. The van der Waals surface area contributed by atoms with Gasteiger partial charge in [0.1, 0.15) is 24.1 Å². The molecular weight excluding hydrogens is 586 g/mol. The number of hydrogen-bond acceptors (Lipinski definition) is 8. The number of amides is 1. The van der Waals surface area contributed by atoms with Gasteiger partial charge in [-0.15, -0.1) is 0 Å².